The molecule has 1 atom stereocenters. The van der Waals surface area contributed by atoms with E-state index in [1.54, 1.807) is 55.5 Å². The summed E-state index contributed by atoms with van der Waals surface area (Å²) in [5.74, 6) is -1.56. The number of hydrogen-bond acceptors (Lipinski definition) is 8. The Bertz CT molecular complexity index is 1600. The standard InChI is InChI=1S/C30H28N2O7/c1-5-38-23-15-17(9-14-21(23)33)26-25(27(34)24-16-18-7-6-8-22(37-4)29(18)39-24)28(35)30(36)32(26)20-12-10-19(11-13-20)31(2)3/h6-16,26,33,35H,5H2,1-4H3. The van der Waals surface area contributed by atoms with Gasteiger partial charge in [0.15, 0.2) is 34.4 Å². The van der Waals surface area contributed by atoms with Crippen LogP contribution in [-0.2, 0) is 4.79 Å². The molecule has 3 aromatic carbocycles. The Kier molecular flexibility index (Phi) is 6.66. The van der Waals surface area contributed by atoms with Gasteiger partial charge < -0.3 is 29.0 Å². The molecule has 1 aliphatic rings. The third-order valence-electron chi connectivity index (χ3n) is 6.65. The highest BCUT2D eigenvalue weighted by Gasteiger charge is 2.45. The van der Waals surface area contributed by atoms with Crippen molar-refractivity contribution in [1.82, 2.24) is 0 Å². The number of ether oxygens (including phenoxy) is 2. The fraction of sp³-hybridized carbons (Fsp3) is 0.200. The number of aliphatic hydroxyl groups is 1. The zero-order valence-electron chi connectivity index (χ0n) is 22.0. The van der Waals surface area contributed by atoms with E-state index >= 15 is 0 Å². The number of carbonyl (C=O) groups excluding carboxylic acids is 2. The normalized spacial score (nSPS) is 15.2. The Balaban J connectivity index is 1.66. The number of methoxy groups -OCH3 is 1. The monoisotopic (exact) mass is 528 g/mol. The Hall–Kier alpha value is -4.92. The third-order valence-corrected chi connectivity index (χ3v) is 6.65. The van der Waals surface area contributed by atoms with Crippen molar-refractivity contribution in [3.8, 4) is 17.2 Å². The number of benzene rings is 3. The number of carbonyl (C=O) groups is 2. The number of Topliss-reactive ketones (excluding diaryl/α,β-unsaturated/α-hetero) is 1. The predicted octanol–water partition coefficient (Wildman–Crippen LogP) is 5.39. The van der Waals surface area contributed by atoms with Crippen LogP contribution in [0.25, 0.3) is 11.0 Å². The molecule has 2 heterocycles. The van der Waals surface area contributed by atoms with Crippen molar-refractivity contribution in [3.05, 3.63) is 89.4 Å². The predicted molar refractivity (Wildman–Crippen MR) is 147 cm³/mol. The number of furan rings is 1. The second kappa shape index (κ2) is 10.1. The molecule has 0 saturated heterocycles. The maximum atomic E-state index is 13.9. The van der Waals surface area contributed by atoms with Crippen LogP contribution in [0.4, 0.5) is 11.4 Å². The fourth-order valence-corrected chi connectivity index (χ4v) is 4.74. The molecule has 0 aliphatic carbocycles. The van der Waals surface area contributed by atoms with Crippen molar-refractivity contribution in [1.29, 1.82) is 0 Å². The van der Waals surface area contributed by atoms with Gasteiger partial charge in [0.2, 0.25) is 5.78 Å². The Morgan fingerprint density at radius 3 is 2.44 bits per heavy atom. The Labute approximate surface area is 225 Å². The van der Waals surface area contributed by atoms with Crippen LogP contribution in [0.15, 0.2) is 82.5 Å². The van der Waals surface area contributed by atoms with E-state index in [0.717, 1.165) is 5.69 Å². The largest absolute Gasteiger partial charge is 0.504 e. The van der Waals surface area contributed by atoms with Gasteiger partial charge in [-0.3, -0.25) is 14.5 Å². The first-order valence-corrected chi connectivity index (χ1v) is 12.4. The topological polar surface area (TPSA) is 113 Å². The molecule has 0 bridgehead atoms. The molecule has 1 unspecified atom stereocenters. The van der Waals surface area contributed by atoms with Gasteiger partial charge >= 0.3 is 0 Å². The number of fused-ring (bicyclic) bond motifs is 1. The van der Waals surface area contributed by atoms with Crippen LogP contribution in [0.5, 0.6) is 17.2 Å². The van der Waals surface area contributed by atoms with Crippen molar-refractivity contribution in [3.63, 3.8) is 0 Å². The molecular formula is C30H28N2O7. The molecular weight excluding hydrogens is 500 g/mol. The van der Waals surface area contributed by atoms with E-state index in [1.807, 2.05) is 31.1 Å². The van der Waals surface area contributed by atoms with Crippen LogP contribution in [-0.4, -0.2) is 49.7 Å². The van der Waals surface area contributed by atoms with E-state index in [9.17, 15) is 19.8 Å². The molecule has 9 heteroatoms. The van der Waals surface area contributed by atoms with Crippen LogP contribution < -0.4 is 19.3 Å². The molecule has 0 fully saturated rings. The summed E-state index contributed by atoms with van der Waals surface area (Å²) in [6, 6.07) is 17.5. The lowest BCUT2D eigenvalue weighted by Gasteiger charge is -2.27. The number of amides is 1. The molecule has 0 saturated carbocycles. The van der Waals surface area contributed by atoms with Crippen molar-refractivity contribution in [2.45, 2.75) is 13.0 Å². The van der Waals surface area contributed by atoms with Crippen molar-refractivity contribution in [2.24, 2.45) is 0 Å². The maximum Gasteiger partial charge on any atom is 0.294 e. The number of hydrogen-bond donors (Lipinski definition) is 2. The summed E-state index contributed by atoms with van der Waals surface area (Å²) in [5, 5.41) is 22.0. The number of phenolic OH excluding ortho intramolecular Hbond substituents is 1. The van der Waals surface area contributed by atoms with Gasteiger partial charge in [-0.05, 0) is 61.0 Å². The van der Waals surface area contributed by atoms with Crippen LogP contribution >= 0.6 is 0 Å². The van der Waals surface area contributed by atoms with E-state index in [4.69, 9.17) is 13.9 Å². The molecule has 200 valence electrons. The first-order valence-electron chi connectivity index (χ1n) is 12.4. The zero-order valence-corrected chi connectivity index (χ0v) is 22.0. The molecule has 0 spiro atoms. The smallest absolute Gasteiger partial charge is 0.294 e. The summed E-state index contributed by atoms with van der Waals surface area (Å²) in [6.07, 6.45) is 0. The molecule has 9 nitrogen and oxygen atoms in total. The minimum Gasteiger partial charge on any atom is -0.504 e. The summed E-state index contributed by atoms with van der Waals surface area (Å²) in [6.45, 7) is 2.07. The highest BCUT2D eigenvalue weighted by Crippen LogP contribution is 2.44. The number of aromatic hydroxyl groups is 1. The van der Waals surface area contributed by atoms with Gasteiger partial charge in [-0.15, -0.1) is 0 Å². The minimum atomic E-state index is -1.02. The molecule has 5 rings (SSSR count). The van der Waals surface area contributed by atoms with E-state index in [1.165, 1.54) is 18.1 Å². The Morgan fingerprint density at radius 1 is 1.03 bits per heavy atom. The number of phenols is 1. The number of para-hydroxylation sites is 1. The molecule has 4 aromatic rings. The van der Waals surface area contributed by atoms with Gasteiger partial charge in [0.05, 0.1) is 25.3 Å². The SMILES string of the molecule is CCOc1cc(C2C(C(=O)c3cc4cccc(OC)c4o3)=C(O)C(=O)N2c2ccc(N(C)C)cc2)ccc1O. The highest BCUT2D eigenvalue weighted by atomic mass is 16.5. The van der Waals surface area contributed by atoms with Gasteiger partial charge in [-0.25, -0.2) is 0 Å². The number of rotatable bonds is 8. The third kappa shape index (κ3) is 4.41. The summed E-state index contributed by atoms with van der Waals surface area (Å²) in [4.78, 5) is 30.7. The van der Waals surface area contributed by atoms with Crippen LogP contribution in [0.3, 0.4) is 0 Å². The lowest BCUT2D eigenvalue weighted by molar-refractivity contribution is -0.117. The maximum absolute atomic E-state index is 13.9. The highest BCUT2D eigenvalue weighted by molar-refractivity contribution is 6.20. The van der Waals surface area contributed by atoms with Crippen LogP contribution in [0, 0.1) is 0 Å². The van der Waals surface area contributed by atoms with E-state index in [2.05, 4.69) is 0 Å². The minimum absolute atomic E-state index is 0.0533. The van der Waals surface area contributed by atoms with Gasteiger partial charge in [0.1, 0.15) is 0 Å². The number of aliphatic hydroxyl groups excluding tert-OH is 1. The molecule has 39 heavy (non-hydrogen) atoms. The van der Waals surface area contributed by atoms with E-state index in [0.29, 0.717) is 34.6 Å². The lowest BCUT2D eigenvalue weighted by Crippen LogP contribution is -2.31. The molecule has 0 radical (unpaired) electrons. The summed E-state index contributed by atoms with van der Waals surface area (Å²) in [5.41, 5.74) is 2.08. The van der Waals surface area contributed by atoms with Crippen molar-refractivity contribution < 1.29 is 33.7 Å². The number of ketones is 1. The van der Waals surface area contributed by atoms with Gasteiger partial charge in [-0.2, -0.15) is 0 Å². The van der Waals surface area contributed by atoms with Crippen LogP contribution in [0.2, 0.25) is 0 Å². The summed E-state index contributed by atoms with van der Waals surface area (Å²) >= 11 is 0. The average Bonchev–Trinajstić information content (AvgIpc) is 3.49. The fourth-order valence-electron chi connectivity index (χ4n) is 4.74. The van der Waals surface area contributed by atoms with Gasteiger partial charge in [0.25, 0.3) is 5.91 Å². The molecule has 1 aliphatic heterocycles. The second-order valence-electron chi connectivity index (χ2n) is 9.23. The molecule has 1 amide bonds. The first-order chi connectivity index (χ1) is 18.7. The number of nitrogens with zero attached hydrogens (tertiary/aromatic N) is 2. The van der Waals surface area contributed by atoms with Crippen molar-refractivity contribution in [2.75, 3.05) is 37.6 Å². The van der Waals surface area contributed by atoms with E-state index in [-0.39, 0.29) is 22.8 Å². The quantitative estimate of drug-likeness (QED) is 0.293. The Morgan fingerprint density at radius 2 is 1.77 bits per heavy atom. The lowest BCUT2D eigenvalue weighted by atomic mass is 9.94. The first kappa shape index (κ1) is 25.7. The summed E-state index contributed by atoms with van der Waals surface area (Å²) in [7, 11) is 5.30. The summed E-state index contributed by atoms with van der Waals surface area (Å²) < 4.78 is 16.8. The average molecular weight is 529 g/mol. The molecule has 2 N–H and O–H groups in total. The second-order valence-corrected chi connectivity index (χ2v) is 9.23. The zero-order chi connectivity index (χ0) is 27.8. The van der Waals surface area contributed by atoms with Crippen molar-refractivity contribution >= 4 is 34.0 Å². The van der Waals surface area contributed by atoms with E-state index < -0.39 is 23.5 Å². The van der Waals surface area contributed by atoms with Crippen LogP contribution in [0.1, 0.15) is 29.1 Å². The van der Waals surface area contributed by atoms with Gasteiger partial charge in [0, 0.05) is 30.9 Å². The number of anilines is 2. The molecule has 1 aromatic heterocycles. The van der Waals surface area contributed by atoms with Gasteiger partial charge in [-0.1, -0.05) is 18.2 Å².